The molecule has 1 fully saturated rings. The molecular formula is C18H22N2O. The molecule has 1 N–H and O–H groups in total. The lowest BCUT2D eigenvalue weighted by Crippen LogP contribution is -2.40. The maximum atomic E-state index is 10.6. The van der Waals surface area contributed by atoms with Gasteiger partial charge in [0.2, 0.25) is 0 Å². The normalized spacial score (nSPS) is 21.1. The zero-order valence-electron chi connectivity index (χ0n) is 12.4. The topological polar surface area (TPSA) is 36.4 Å². The van der Waals surface area contributed by atoms with Crippen molar-refractivity contribution < 1.29 is 5.11 Å². The van der Waals surface area contributed by atoms with Gasteiger partial charge in [-0.25, -0.2) is 0 Å². The van der Waals surface area contributed by atoms with E-state index in [2.05, 4.69) is 29.1 Å². The van der Waals surface area contributed by atoms with Crippen LogP contribution in [0.25, 0.3) is 11.1 Å². The Balaban J connectivity index is 1.77. The second kappa shape index (κ2) is 6.37. The minimum Gasteiger partial charge on any atom is -0.387 e. The van der Waals surface area contributed by atoms with Crippen molar-refractivity contribution in [2.75, 3.05) is 13.6 Å². The fourth-order valence-electron chi connectivity index (χ4n) is 3.13. The van der Waals surface area contributed by atoms with Gasteiger partial charge in [0, 0.05) is 18.4 Å². The van der Waals surface area contributed by atoms with Gasteiger partial charge in [-0.3, -0.25) is 4.98 Å². The average molecular weight is 282 g/mol. The van der Waals surface area contributed by atoms with E-state index in [0.29, 0.717) is 0 Å². The Bertz CT molecular complexity index is 568. The van der Waals surface area contributed by atoms with Crippen molar-refractivity contribution in [1.29, 1.82) is 0 Å². The summed E-state index contributed by atoms with van der Waals surface area (Å²) in [5.74, 6) is 0. The molecule has 0 bridgehead atoms. The van der Waals surface area contributed by atoms with E-state index in [9.17, 15) is 5.11 Å². The zero-order valence-corrected chi connectivity index (χ0v) is 12.4. The molecule has 1 saturated heterocycles. The van der Waals surface area contributed by atoms with Crippen LogP contribution in [0.3, 0.4) is 0 Å². The summed E-state index contributed by atoms with van der Waals surface area (Å²) in [7, 11) is 2.11. The largest absolute Gasteiger partial charge is 0.387 e. The molecule has 21 heavy (non-hydrogen) atoms. The van der Waals surface area contributed by atoms with Gasteiger partial charge in [0.25, 0.3) is 0 Å². The molecule has 2 aromatic rings. The number of piperidine rings is 1. The average Bonchev–Trinajstić information content (AvgIpc) is 2.56. The first-order valence-corrected chi connectivity index (χ1v) is 7.64. The summed E-state index contributed by atoms with van der Waals surface area (Å²) in [6, 6.07) is 12.4. The van der Waals surface area contributed by atoms with Gasteiger partial charge < -0.3 is 10.0 Å². The van der Waals surface area contributed by atoms with Gasteiger partial charge >= 0.3 is 0 Å². The molecule has 1 aliphatic rings. The minimum atomic E-state index is -0.404. The van der Waals surface area contributed by atoms with E-state index in [1.807, 2.05) is 30.5 Å². The standard InChI is InChI=1S/C18H22N2O/c1-20-12-3-2-6-17(20)18(21)15-9-7-14(8-10-15)16-5-4-11-19-13-16/h4-5,7-11,13,17-18,21H,2-3,6,12H2,1H3/t17-,18-/m0/s1. The molecule has 1 aromatic carbocycles. The van der Waals surface area contributed by atoms with Crippen LogP contribution in [0.5, 0.6) is 0 Å². The highest BCUT2D eigenvalue weighted by atomic mass is 16.3. The number of aromatic nitrogens is 1. The molecule has 1 aromatic heterocycles. The Hall–Kier alpha value is -1.71. The predicted octanol–water partition coefficient (Wildman–Crippen LogP) is 3.27. The maximum absolute atomic E-state index is 10.6. The number of pyridine rings is 1. The van der Waals surface area contributed by atoms with Gasteiger partial charge in [0.05, 0.1) is 6.10 Å². The van der Waals surface area contributed by atoms with Crippen molar-refractivity contribution in [2.24, 2.45) is 0 Å². The molecule has 0 aliphatic carbocycles. The van der Waals surface area contributed by atoms with Crippen molar-refractivity contribution in [3.8, 4) is 11.1 Å². The number of aliphatic hydroxyl groups excluding tert-OH is 1. The fraction of sp³-hybridized carbons (Fsp3) is 0.389. The molecule has 2 atom stereocenters. The molecule has 3 heteroatoms. The molecule has 1 aliphatic heterocycles. The lowest BCUT2D eigenvalue weighted by molar-refractivity contribution is 0.0403. The summed E-state index contributed by atoms with van der Waals surface area (Å²) in [4.78, 5) is 6.43. The van der Waals surface area contributed by atoms with Crippen molar-refractivity contribution in [2.45, 2.75) is 31.4 Å². The second-order valence-corrected chi connectivity index (χ2v) is 5.85. The molecule has 0 radical (unpaired) electrons. The third kappa shape index (κ3) is 3.14. The SMILES string of the molecule is CN1CCCC[C@H]1[C@@H](O)c1ccc(-c2cccnc2)cc1. The smallest absolute Gasteiger partial charge is 0.0945 e. The van der Waals surface area contributed by atoms with Crippen LogP contribution in [-0.2, 0) is 0 Å². The number of hydrogen-bond acceptors (Lipinski definition) is 3. The monoisotopic (exact) mass is 282 g/mol. The summed E-state index contributed by atoms with van der Waals surface area (Å²) < 4.78 is 0. The Morgan fingerprint density at radius 2 is 1.95 bits per heavy atom. The first-order chi connectivity index (χ1) is 10.3. The van der Waals surface area contributed by atoms with Crippen LogP contribution in [0.4, 0.5) is 0 Å². The van der Waals surface area contributed by atoms with Crippen molar-refractivity contribution in [3.63, 3.8) is 0 Å². The van der Waals surface area contributed by atoms with E-state index < -0.39 is 6.10 Å². The van der Waals surface area contributed by atoms with Gasteiger partial charge in [-0.2, -0.15) is 0 Å². The van der Waals surface area contributed by atoms with E-state index in [1.54, 1.807) is 6.20 Å². The van der Waals surface area contributed by atoms with E-state index in [4.69, 9.17) is 0 Å². The maximum Gasteiger partial charge on any atom is 0.0945 e. The Morgan fingerprint density at radius 1 is 1.14 bits per heavy atom. The van der Waals surface area contributed by atoms with Crippen molar-refractivity contribution >= 4 is 0 Å². The molecule has 0 unspecified atom stereocenters. The van der Waals surface area contributed by atoms with Crippen LogP contribution in [-0.4, -0.2) is 34.6 Å². The fourth-order valence-corrected chi connectivity index (χ4v) is 3.13. The van der Waals surface area contributed by atoms with Gasteiger partial charge in [0.1, 0.15) is 0 Å². The van der Waals surface area contributed by atoms with Gasteiger partial charge in [0.15, 0.2) is 0 Å². The second-order valence-electron chi connectivity index (χ2n) is 5.85. The molecule has 0 amide bonds. The molecular weight excluding hydrogens is 260 g/mol. The number of nitrogens with zero attached hydrogens (tertiary/aromatic N) is 2. The van der Waals surface area contributed by atoms with Gasteiger partial charge in [-0.05, 0) is 49.2 Å². The van der Waals surface area contributed by atoms with Crippen molar-refractivity contribution in [1.82, 2.24) is 9.88 Å². The molecule has 2 heterocycles. The van der Waals surface area contributed by atoms with Crippen LogP contribution in [0.2, 0.25) is 0 Å². The zero-order chi connectivity index (χ0) is 14.7. The van der Waals surface area contributed by atoms with E-state index in [1.165, 1.54) is 12.8 Å². The lowest BCUT2D eigenvalue weighted by Gasteiger charge is -2.35. The molecule has 0 saturated carbocycles. The number of aliphatic hydroxyl groups is 1. The molecule has 110 valence electrons. The number of benzene rings is 1. The van der Waals surface area contributed by atoms with Crippen LogP contribution in [0, 0.1) is 0 Å². The van der Waals surface area contributed by atoms with Crippen LogP contribution < -0.4 is 0 Å². The Morgan fingerprint density at radius 3 is 2.62 bits per heavy atom. The van der Waals surface area contributed by atoms with Crippen LogP contribution in [0.1, 0.15) is 30.9 Å². The Kier molecular flexibility index (Phi) is 4.32. The summed E-state index contributed by atoms with van der Waals surface area (Å²) in [5, 5.41) is 10.6. The van der Waals surface area contributed by atoms with E-state index in [-0.39, 0.29) is 6.04 Å². The first kappa shape index (κ1) is 14.2. The Labute approximate surface area is 126 Å². The quantitative estimate of drug-likeness (QED) is 0.938. The molecule has 3 rings (SSSR count). The van der Waals surface area contributed by atoms with Gasteiger partial charge in [-0.1, -0.05) is 36.8 Å². The summed E-state index contributed by atoms with van der Waals surface area (Å²) in [6.45, 7) is 1.08. The summed E-state index contributed by atoms with van der Waals surface area (Å²) >= 11 is 0. The highest BCUT2D eigenvalue weighted by Crippen LogP contribution is 2.29. The number of likely N-dealkylation sites (N-methyl/N-ethyl adjacent to an activating group) is 1. The summed E-state index contributed by atoms with van der Waals surface area (Å²) in [5.41, 5.74) is 3.24. The highest BCUT2D eigenvalue weighted by molar-refractivity contribution is 5.62. The molecule has 3 nitrogen and oxygen atoms in total. The highest BCUT2D eigenvalue weighted by Gasteiger charge is 2.27. The van der Waals surface area contributed by atoms with E-state index in [0.717, 1.165) is 29.7 Å². The number of hydrogen-bond donors (Lipinski definition) is 1. The molecule has 0 spiro atoms. The van der Waals surface area contributed by atoms with E-state index >= 15 is 0 Å². The van der Waals surface area contributed by atoms with Crippen molar-refractivity contribution in [3.05, 3.63) is 54.4 Å². The number of likely N-dealkylation sites (tertiary alicyclic amines) is 1. The lowest BCUT2D eigenvalue weighted by atomic mass is 9.92. The summed E-state index contributed by atoms with van der Waals surface area (Å²) in [6.07, 6.45) is 6.75. The van der Waals surface area contributed by atoms with Gasteiger partial charge in [-0.15, -0.1) is 0 Å². The first-order valence-electron chi connectivity index (χ1n) is 7.64. The minimum absolute atomic E-state index is 0.239. The third-order valence-electron chi connectivity index (χ3n) is 4.44. The van der Waals surface area contributed by atoms with Crippen LogP contribution in [0.15, 0.2) is 48.8 Å². The predicted molar refractivity (Wildman–Crippen MR) is 84.9 cm³/mol. The van der Waals surface area contributed by atoms with Crippen LogP contribution >= 0.6 is 0 Å². The third-order valence-corrected chi connectivity index (χ3v) is 4.44. The number of rotatable bonds is 3.